The van der Waals surface area contributed by atoms with Crippen molar-refractivity contribution in [3.8, 4) is 33.9 Å². The molecule has 0 aliphatic heterocycles. The Balaban J connectivity index is 1.96. The number of ether oxygens (including phenoxy) is 2. The SMILES string of the molecule is COc1cc(C)cc2c1-c1c(cc(-c3ccccn3)cc1OC)CC2. The van der Waals surface area contributed by atoms with E-state index < -0.39 is 0 Å². The highest BCUT2D eigenvalue weighted by Gasteiger charge is 2.25. The van der Waals surface area contributed by atoms with Gasteiger partial charge >= 0.3 is 0 Å². The molecule has 3 aromatic rings. The molecule has 0 fully saturated rings. The van der Waals surface area contributed by atoms with E-state index in [1.54, 1.807) is 14.2 Å². The van der Waals surface area contributed by atoms with Gasteiger partial charge in [-0.05, 0) is 66.8 Å². The molecule has 2 aromatic carbocycles. The first-order valence-corrected chi connectivity index (χ1v) is 8.51. The average Bonchev–Trinajstić information content (AvgIpc) is 2.66. The second kappa shape index (κ2) is 6.25. The molecular weight excluding hydrogens is 310 g/mol. The van der Waals surface area contributed by atoms with Crippen LogP contribution in [0.25, 0.3) is 22.4 Å². The number of methoxy groups -OCH3 is 2. The lowest BCUT2D eigenvalue weighted by atomic mass is 9.82. The lowest BCUT2D eigenvalue weighted by molar-refractivity contribution is 0.409. The van der Waals surface area contributed by atoms with Crippen LogP contribution in [0.5, 0.6) is 11.5 Å². The minimum absolute atomic E-state index is 0.876. The van der Waals surface area contributed by atoms with Crippen molar-refractivity contribution >= 4 is 0 Å². The van der Waals surface area contributed by atoms with Crippen molar-refractivity contribution in [2.45, 2.75) is 19.8 Å². The monoisotopic (exact) mass is 331 g/mol. The van der Waals surface area contributed by atoms with E-state index in [4.69, 9.17) is 9.47 Å². The smallest absolute Gasteiger partial charge is 0.127 e. The molecular formula is C22H21NO2. The van der Waals surface area contributed by atoms with Gasteiger partial charge in [0.15, 0.2) is 0 Å². The summed E-state index contributed by atoms with van der Waals surface area (Å²) in [4.78, 5) is 4.48. The molecule has 0 atom stereocenters. The Hall–Kier alpha value is -2.81. The zero-order chi connectivity index (χ0) is 17.4. The lowest BCUT2D eigenvalue weighted by Crippen LogP contribution is -2.08. The minimum Gasteiger partial charge on any atom is -0.496 e. The Labute approximate surface area is 148 Å². The van der Waals surface area contributed by atoms with E-state index in [9.17, 15) is 0 Å². The molecule has 126 valence electrons. The second-order valence-electron chi connectivity index (χ2n) is 6.43. The molecule has 0 saturated carbocycles. The summed E-state index contributed by atoms with van der Waals surface area (Å²) in [6, 6.07) is 14.6. The summed E-state index contributed by atoms with van der Waals surface area (Å²) in [5.41, 5.74) is 8.21. The quantitative estimate of drug-likeness (QED) is 0.688. The molecule has 0 unspecified atom stereocenters. The van der Waals surface area contributed by atoms with Gasteiger partial charge in [0.25, 0.3) is 0 Å². The fourth-order valence-electron chi connectivity index (χ4n) is 3.73. The van der Waals surface area contributed by atoms with E-state index in [1.807, 2.05) is 24.4 Å². The highest BCUT2D eigenvalue weighted by molar-refractivity contribution is 5.86. The number of hydrogen-bond donors (Lipinski definition) is 0. The van der Waals surface area contributed by atoms with Gasteiger partial charge in [0.1, 0.15) is 11.5 Å². The first-order valence-electron chi connectivity index (χ1n) is 8.51. The molecule has 1 aliphatic rings. The van der Waals surface area contributed by atoms with E-state index in [1.165, 1.54) is 22.3 Å². The van der Waals surface area contributed by atoms with Crippen LogP contribution in [0.2, 0.25) is 0 Å². The average molecular weight is 331 g/mol. The normalized spacial score (nSPS) is 12.3. The predicted octanol–water partition coefficient (Wildman–Crippen LogP) is 4.84. The minimum atomic E-state index is 0.876. The zero-order valence-electron chi connectivity index (χ0n) is 14.8. The number of pyridine rings is 1. The van der Waals surface area contributed by atoms with Gasteiger partial charge in [-0.1, -0.05) is 12.1 Å². The summed E-state index contributed by atoms with van der Waals surface area (Å²) < 4.78 is 11.5. The maximum atomic E-state index is 5.78. The topological polar surface area (TPSA) is 31.4 Å². The summed E-state index contributed by atoms with van der Waals surface area (Å²) in [5.74, 6) is 1.79. The maximum absolute atomic E-state index is 5.78. The fraction of sp³-hybridized carbons (Fsp3) is 0.227. The number of nitrogens with zero attached hydrogens (tertiary/aromatic N) is 1. The zero-order valence-corrected chi connectivity index (χ0v) is 14.8. The fourth-order valence-corrected chi connectivity index (χ4v) is 3.73. The van der Waals surface area contributed by atoms with Crippen LogP contribution >= 0.6 is 0 Å². The van der Waals surface area contributed by atoms with Gasteiger partial charge in [-0.2, -0.15) is 0 Å². The first-order chi connectivity index (χ1) is 12.2. The van der Waals surface area contributed by atoms with Gasteiger partial charge in [-0.3, -0.25) is 4.98 Å². The molecule has 0 amide bonds. The molecule has 1 heterocycles. The number of fused-ring (bicyclic) bond motifs is 3. The van der Waals surface area contributed by atoms with Gasteiger partial charge in [0, 0.05) is 22.9 Å². The molecule has 3 heteroatoms. The third-order valence-electron chi connectivity index (χ3n) is 4.83. The molecule has 1 aliphatic carbocycles. The van der Waals surface area contributed by atoms with Gasteiger partial charge < -0.3 is 9.47 Å². The molecule has 0 spiro atoms. The van der Waals surface area contributed by atoms with Crippen LogP contribution in [-0.2, 0) is 12.8 Å². The maximum Gasteiger partial charge on any atom is 0.127 e. The van der Waals surface area contributed by atoms with Crippen LogP contribution in [0.4, 0.5) is 0 Å². The number of aromatic nitrogens is 1. The Morgan fingerprint density at radius 3 is 2.16 bits per heavy atom. The van der Waals surface area contributed by atoms with E-state index in [0.717, 1.165) is 41.2 Å². The lowest BCUT2D eigenvalue weighted by Gasteiger charge is -2.25. The Bertz CT molecular complexity index is 898. The van der Waals surface area contributed by atoms with Crippen molar-refractivity contribution in [1.29, 1.82) is 0 Å². The van der Waals surface area contributed by atoms with E-state index in [0.29, 0.717) is 0 Å². The highest BCUT2D eigenvalue weighted by Crippen LogP contribution is 2.46. The molecule has 1 aromatic heterocycles. The van der Waals surface area contributed by atoms with E-state index in [2.05, 4.69) is 36.2 Å². The standard InChI is InChI=1S/C22H21NO2/c1-14-10-15-7-8-16-12-17(18-6-4-5-9-23-18)13-20(25-3)22(16)21(15)19(11-14)24-2/h4-6,9-13H,7-8H2,1-3H3. The van der Waals surface area contributed by atoms with Crippen molar-refractivity contribution in [3.05, 3.63) is 65.4 Å². The molecule has 0 radical (unpaired) electrons. The van der Waals surface area contributed by atoms with Crippen molar-refractivity contribution < 1.29 is 9.47 Å². The van der Waals surface area contributed by atoms with Crippen molar-refractivity contribution in [2.24, 2.45) is 0 Å². The highest BCUT2D eigenvalue weighted by atomic mass is 16.5. The molecule has 0 N–H and O–H groups in total. The summed E-state index contributed by atoms with van der Waals surface area (Å²) in [7, 11) is 3.46. The largest absolute Gasteiger partial charge is 0.496 e. The van der Waals surface area contributed by atoms with Crippen LogP contribution in [0.3, 0.4) is 0 Å². The Kier molecular flexibility index (Phi) is 3.92. The number of hydrogen-bond acceptors (Lipinski definition) is 3. The van der Waals surface area contributed by atoms with Gasteiger partial charge in [-0.15, -0.1) is 0 Å². The van der Waals surface area contributed by atoms with Crippen LogP contribution in [-0.4, -0.2) is 19.2 Å². The summed E-state index contributed by atoms with van der Waals surface area (Å²) in [5, 5.41) is 0. The van der Waals surface area contributed by atoms with Crippen LogP contribution < -0.4 is 9.47 Å². The molecule has 25 heavy (non-hydrogen) atoms. The molecule has 4 rings (SSSR count). The molecule has 0 saturated heterocycles. The van der Waals surface area contributed by atoms with Crippen LogP contribution in [0, 0.1) is 6.92 Å². The van der Waals surface area contributed by atoms with Crippen molar-refractivity contribution in [3.63, 3.8) is 0 Å². The number of benzene rings is 2. The van der Waals surface area contributed by atoms with E-state index in [-0.39, 0.29) is 0 Å². The van der Waals surface area contributed by atoms with E-state index >= 15 is 0 Å². The van der Waals surface area contributed by atoms with Gasteiger partial charge in [0.05, 0.1) is 19.9 Å². The van der Waals surface area contributed by atoms with Crippen LogP contribution in [0.1, 0.15) is 16.7 Å². The van der Waals surface area contributed by atoms with Gasteiger partial charge in [0.2, 0.25) is 0 Å². The summed E-state index contributed by atoms with van der Waals surface area (Å²) in [6.07, 6.45) is 3.82. The van der Waals surface area contributed by atoms with Crippen molar-refractivity contribution in [1.82, 2.24) is 4.98 Å². The first kappa shape index (κ1) is 15.7. The third-order valence-corrected chi connectivity index (χ3v) is 4.83. The third kappa shape index (κ3) is 2.66. The molecule has 3 nitrogen and oxygen atoms in total. The summed E-state index contributed by atoms with van der Waals surface area (Å²) in [6.45, 7) is 2.11. The Morgan fingerprint density at radius 1 is 0.840 bits per heavy atom. The van der Waals surface area contributed by atoms with Crippen molar-refractivity contribution in [2.75, 3.05) is 14.2 Å². The number of rotatable bonds is 3. The van der Waals surface area contributed by atoms with Gasteiger partial charge in [-0.25, -0.2) is 0 Å². The number of aryl methyl sites for hydroxylation is 3. The predicted molar refractivity (Wildman–Crippen MR) is 100 cm³/mol. The Morgan fingerprint density at radius 2 is 1.52 bits per heavy atom. The molecule has 0 bridgehead atoms. The van der Waals surface area contributed by atoms with Crippen LogP contribution in [0.15, 0.2) is 48.7 Å². The second-order valence-corrected chi connectivity index (χ2v) is 6.43. The summed E-state index contributed by atoms with van der Waals surface area (Å²) >= 11 is 0.